The molecule has 1 aliphatic heterocycles. The van der Waals surface area contributed by atoms with E-state index in [4.69, 9.17) is 0 Å². The molecule has 0 radical (unpaired) electrons. The maximum Gasteiger partial charge on any atom is 0.0195 e. The van der Waals surface area contributed by atoms with Crippen molar-refractivity contribution in [2.75, 3.05) is 26.2 Å². The third kappa shape index (κ3) is 6.69. The first kappa shape index (κ1) is 19.5. The highest BCUT2D eigenvalue weighted by Gasteiger charge is 2.27. The molecule has 0 aliphatic carbocycles. The van der Waals surface area contributed by atoms with Gasteiger partial charge in [0.05, 0.1) is 0 Å². The zero-order valence-electron chi connectivity index (χ0n) is 15.7. The van der Waals surface area contributed by atoms with E-state index in [9.17, 15) is 0 Å². The van der Waals surface area contributed by atoms with E-state index in [1.165, 1.54) is 63.7 Å². The van der Waals surface area contributed by atoms with Crippen LogP contribution in [0.25, 0.3) is 0 Å². The van der Waals surface area contributed by atoms with E-state index >= 15 is 0 Å². The second-order valence-corrected chi connectivity index (χ2v) is 7.22. The number of nitrogens with one attached hydrogen (secondary N) is 1. The van der Waals surface area contributed by atoms with Gasteiger partial charge in [-0.15, -0.1) is 5.73 Å². The Hall–Kier alpha value is -0.560. The van der Waals surface area contributed by atoms with Crippen molar-refractivity contribution in [1.82, 2.24) is 10.2 Å². The first-order valence-electron chi connectivity index (χ1n) is 9.42. The molecule has 0 bridgehead atoms. The van der Waals surface area contributed by atoms with Gasteiger partial charge in [-0.2, -0.15) is 0 Å². The fourth-order valence-corrected chi connectivity index (χ4v) is 3.30. The fraction of sp³-hybridized carbons (Fsp3) is 0.850. The van der Waals surface area contributed by atoms with Gasteiger partial charge in [0.25, 0.3) is 0 Å². The molecule has 1 heterocycles. The molecule has 2 nitrogen and oxygen atoms in total. The van der Waals surface area contributed by atoms with Crippen LogP contribution in [0.2, 0.25) is 0 Å². The van der Waals surface area contributed by atoms with Crippen LogP contribution in [0.5, 0.6) is 0 Å². The lowest BCUT2D eigenvalue weighted by molar-refractivity contribution is 0.184. The van der Waals surface area contributed by atoms with Crippen LogP contribution in [0.4, 0.5) is 0 Å². The van der Waals surface area contributed by atoms with Gasteiger partial charge in [-0.3, -0.25) is 0 Å². The minimum absolute atomic E-state index is 0.280. The molecule has 1 N–H and O–H groups in total. The molecule has 0 spiro atoms. The van der Waals surface area contributed by atoms with Gasteiger partial charge in [0, 0.05) is 24.5 Å². The summed E-state index contributed by atoms with van der Waals surface area (Å²) in [5.41, 5.74) is 5.06. The average Bonchev–Trinajstić information content (AvgIpc) is 2.55. The zero-order chi connectivity index (χ0) is 16.4. The average molecular weight is 307 g/mol. The summed E-state index contributed by atoms with van der Waals surface area (Å²) in [7, 11) is 0. The normalized spacial score (nSPS) is 22.0. The quantitative estimate of drug-likeness (QED) is 0.617. The highest BCUT2D eigenvalue weighted by molar-refractivity contribution is 5.04. The second kappa shape index (κ2) is 10.3. The molecule has 22 heavy (non-hydrogen) atoms. The van der Waals surface area contributed by atoms with Gasteiger partial charge in [-0.1, -0.05) is 33.6 Å². The first-order valence-corrected chi connectivity index (χ1v) is 9.42. The van der Waals surface area contributed by atoms with Gasteiger partial charge >= 0.3 is 0 Å². The molecule has 0 aromatic heterocycles. The Morgan fingerprint density at radius 3 is 2.68 bits per heavy atom. The van der Waals surface area contributed by atoms with Gasteiger partial charge in [-0.25, -0.2) is 0 Å². The van der Waals surface area contributed by atoms with Crippen molar-refractivity contribution in [2.45, 2.75) is 79.2 Å². The van der Waals surface area contributed by atoms with E-state index in [-0.39, 0.29) is 5.41 Å². The van der Waals surface area contributed by atoms with Crippen LogP contribution in [0.3, 0.4) is 0 Å². The van der Waals surface area contributed by atoms with Crippen LogP contribution in [0.1, 0.15) is 73.1 Å². The number of nitrogens with zero attached hydrogens (tertiary/aromatic N) is 1. The monoisotopic (exact) mass is 306 g/mol. The summed E-state index contributed by atoms with van der Waals surface area (Å²) in [4.78, 5) is 2.58. The Kier molecular flexibility index (Phi) is 9.09. The maximum atomic E-state index is 3.89. The summed E-state index contributed by atoms with van der Waals surface area (Å²) in [5.74, 6) is 0. The lowest BCUT2D eigenvalue weighted by atomic mass is 9.79. The number of likely N-dealkylation sites (tertiary alicyclic amines) is 1. The fourth-order valence-electron chi connectivity index (χ4n) is 3.30. The molecule has 1 aliphatic rings. The van der Waals surface area contributed by atoms with Crippen molar-refractivity contribution < 1.29 is 0 Å². The Labute approximate surface area is 139 Å². The molecule has 2 heteroatoms. The van der Waals surface area contributed by atoms with Crippen molar-refractivity contribution in [3.8, 4) is 0 Å². The van der Waals surface area contributed by atoms with Gasteiger partial charge in [-0.05, 0) is 64.3 Å². The summed E-state index contributed by atoms with van der Waals surface area (Å²) in [6.07, 6.45) is 10.1. The summed E-state index contributed by atoms with van der Waals surface area (Å²) in [6.45, 7) is 16.0. The van der Waals surface area contributed by atoms with Crippen molar-refractivity contribution in [3.63, 3.8) is 0 Å². The second-order valence-electron chi connectivity index (χ2n) is 7.22. The summed E-state index contributed by atoms with van der Waals surface area (Å²) in [5, 5.41) is 3.89. The third-order valence-electron chi connectivity index (χ3n) is 5.09. The highest BCUT2D eigenvalue weighted by Crippen LogP contribution is 2.30. The zero-order valence-corrected chi connectivity index (χ0v) is 15.7. The van der Waals surface area contributed by atoms with Crippen molar-refractivity contribution in [3.05, 3.63) is 17.4 Å². The Balaban J connectivity index is 2.68. The number of hydrogen-bond donors (Lipinski definition) is 1. The van der Waals surface area contributed by atoms with E-state index in [1.54, 1.807) is 0 Å². The molecular formula is C20H38N2. The molecule has 1 saturated heterocycles. The van der Waals surface area contributed by atoms with Crippen molar-refractivity contribution in [1.29, 1.82) is 0 Å². The lowest BCUT2D eigenvalue weighted by Gasteiger charge is -2.36. The van der Waals surface area contributed by atoms with Crippen LogP contribution in [-0.4, -0.2) is 37.1 Å². The molecule has 0 amide bonds. The summed E-state index contributed by atoms with van der Waals surface area (Å²) < 4.78 is 0. The van der Waals surface area contributed by atoms with Crippen molar-refractivity contribution >= 4 is 0 Å². The number of rotatable bonds is 9. The molecule has 1 rings (SSSR count). The molecule has 0 aromatic rings. The largest absolute Gasteiger partial charge is 0.312 e. The number of hydrogen-bond acceptors (Lipinski definition) is 2. The van der Waals surface area contributed by atoms with Crippen LogP contribution in [0, 0.1) is 5.41 Å². The topological polar surface area (TPSA) is 15.3 Å². The number of likely N-dealkylation sites (N-methyl/N-ethyl adjacent to an activating group) is 1. The smallest absolute Gasteiger partial charge is 0.0195 e. The SMILES string of the molecule is CCCC[C@@](C=C=C(C)C)(CC)CN[C@H]1CCCN(CC)C1. The van der Waals surface area contributed by atoms with Crippen LogP contribution < -0.4 is 5.32 Å². The third-order valence-corrected chi connectivity index (χ3v) is 5.09. The predicted molar refractivity (Wildman–Crippen MR) is 98.3 cm³/mol. The van der Waals surface area contributed by atoms with Crippen molar-refractivity contribution in [2.24, 2.45) is 5.41 Å². The molecule has 1 fully saturated rings. The van der Waals surface area contributed by atoms with E-state index < -0.39 is 0 Å². The Morgan fingerprint density at radius 1 is 1.32 bits per heavy atom. The van der Waals surface area contributed by atoms with Gasteiger partial charge in [0.1, 0.15) is 0 Å². The van der Waals surface area contributed by atoms with E-state index in [0.717, 1.165) is 6.54 Å². The molecule has 0 unspecified atom stereocenters. The molecule has 2 atom stereocenters. The molecule has 0 aromatic carbocycles. The number of piperidine rings is 1. The summed E-state index contributed by atoms with van der Waals surface area (Å²) >= 11 is 0. The highest BCUT2D eigenvalue weighted by atomic mass is 15.2. The minimum Gasteiger partial charge on any atom is -0.312 e. The van der Waals surface area contributed by atoms with Crippen LogP contribution in [0.15, 0.2) is 17.4 Å². The Bertz CT molecular complexity index is 364. The molecule has 0 saturated carbocycles. The van der Waals surface area contributed by atoms with Gasteiger partial charge in [0.15, 0.2) is 0 Å². The Morgan fingerprint density at radius 2 is 2.09 bits per heavy atom. The molecule has 128 valence electrons. The minimum atomic E-state index is 0.280. The van der Waals surface area contributed by atoms with E-state index in [2.05, 4.69) is 56.6 Å². The van der Waals surface area contributed by atoms with Crippen LogP contribution >= 0.6 is 0 Å². The van der Waals surface area contributed by atoms with Gasteiger partial charge in [0.2, 0.25) is 0 Å². The van der Waals surface area contributed by atoms with E-state index in [1.807, 2.05) is 0 Å². The lowest BCUT2D eigenvalue weighted by Crippen LogP contribution is -2.48. The molecular weight excluding hydrogens is 268 g/mol. The number of unbranched alkanes of at least 4 members (excludes halogenated alkanes) is 1. The maximum absolute atomic E-state index is 3.89. The van der Waals surface area contributed by atoms with Gasteiger partial charge < -0.3 is 10.2 Å². The van der Waals surface area contributed by atoms with Crippen LogP contribution in [-0.2, 0) is 0 Å². The van der Waals surface area contributed by atoms with E-state index in [0.29, 0.717) is 6.04 Å². The predicted octanol–water partition coefficient (Wildman–Crippen LogP) is 4.77. The first-order chi connectivity index (χ1) is 10.5. The standard InChI is InChI=1S/C20H38N2/c1-6-9-13-20(7-2,14-12-18(4)5)17-21-19-11-10-15-22(8-3)16-19/h14,19,21H,6-11,13,15-17H2,1-5H3/t19-,20+/m0/s1. The summed E-state index contributed by atoms with van der Waals surface area (Å²) in [6, 6.07) is 0.668.